The molecule has 3 rings (SSSR count). The van der Waals surface area contributed by atoms with E-state index in [0.29, 0.717) is 6.54 Å². The number of carbonyl (C=O) groups is 1. The highest BCUT2D eigenvalue weighted by Crippen LogP contribution is 2.21. The second kappa shape index (κ2) is 7.02. The van der Waals surface area contributed by atoms with Crippen LogP contribution in [0.4, 0.5) is 0 Å². The van der Waals surface area contributed by atoms with Crippen molar-refractivity contribution in [2.75, 3.05) is 6.54 Å². The lowest BCUT2D eigenvalue weighted by Gasteiger charge is -2.22. The zero-order chi connectivity index (χ0) is 13.1. The van der Waals surface area contributed by atoms with Gasteiger partial charge < -0.3 is 10.6 Å². The van der Waals surface area contributed by atoms with Crippen molar-refractivity contribution in [1.82, 2.24) is 15.6 Å². The molecular formula is C14H18ClN3OS. The Balaban J connectivity index is 0.00000147. The van der Waals surface area contributed by atoms with Gasteiger partial charge in [-0.2, -0.15) is 0 Å². The van der Waals surface area contributed by atoms with E-state index in [2.05, 4.69) is 21.7 Å². The van der Waals surface area contributed by atoms with Gasteiger partial charge in [0.25, 0.3) is 0 Å². The number of rotatable bonds is 3. The van der Waals surface area contributed by atoms with Gasteiger partial charge in [-0.05, 0) is 31.5 Å². The Morgan fingerprint density at radius 3 is 3.00 bits per heavy atom. The lowest BCUT2D eigenvalue weighted by atomic mass is 10.0. The van der Waals surface area contributed by atoms with Crippen molar-refractivity contribution >= 4 is 39.9 Å². The van der Waals surface area contributed by atoms with Gasteiger partial charge in [-0.15, -0.1) is 23.7 Å². The highest BCUT2D eigenvalue weighted by atomic mass is 35.5. The first-order chi connectivity index (χ1) is 9.33. The van der Waals surface area contributed by atoms with E-state index >= 15 is 0 Å². The van der Waals surface area contributed by atoms with Crippen molar-refractivity contribution < 1.29 is 4.79 Å². The van der Waals surface area contributed by atoms with E-state index in [4.69, 9.17) is 0 Å². The van der Waals surface area contributed by atoms with Crippen LogP contribution in [0.15, 0.2) is 24.3 Å². The summed E-state index contributed by atoms with van der Waals surface area (Å²) in [4.78, 5) is 16.5. The van der Waals surface area contributed by atoms with Crippen LogP contribution in [0.25, 0.3) is 10.2 Å². The first-order valence-electron chi connectivity index (χ1n) is 6.68. The van der Waals surface area contributed by atoms with Gasteiger partial charge in [0.2, 0.25) is 5.91 Å². The predicted molar refractivity (Wildman–Crippen MR) is 84.4 cm³/mol. The third kappa shape index (κ3) is 3.48. The number of fused-ring (bicyclic) bond motifs is 1. The molecule has 1 fully saturated rings. The largest absolute Gasteiger partial charge is 0.348 e. The summed E-state index contributed by atoms with van der Waals surface area (Å²) in [5, 5.41) is 7.19. The molecule has 2 heterocycles. The number of nitrogens with one attached hydrogen (secondary N) is 2. The molecule has 1 aliphatic rings. The molecule has 0 spiro atoms. The molecular weight excluding hydrogens is 294 g/mol. The number of aromatic nitrogens is 1. The molecule has 0 saturated carbocycles. The summed E-state index contributed by atoms with van der Waals surface area (Å²) in [6.07, 6.45) is 3.24. The zero-order valence-corrected chi connectivity index (χ0v) is 12.7. The molecule has 0 bridgehead atoms. The Morgan fingerprint density at radius 1 is 1.40 bits per heavy atom. The number of thiazole rings is 1. The predicted octanol–water partition coefficient (Wildman–Crippen LogP) is 2.48. The number of nitrogens with zero attached hydrogens (tertiary/aromatic N) is 1. The Labute approximate surface area is 128 Å². The minimum absolute atomic E-state index is 0. The van der Waals surface area contributed by atoms with E-state index in [0.717, 1.165) is 29.9 Å². The van der Waals surface area contributed by atoms with Crippen LogP contribution in [0.5, 0.6) is 0 Å². The van der Waals surface area contributed by atoms with E-state index in [1.54, 1.807) is 11.3 Å². The van der Waals surface area contributed by atoms with Crippen LogP contribution >= 0.6 is 23.7 Å². The lowest BCUT2D eigenvalue weighted by Crippen LogP contribution is -2.46. The van der Waals surface area contributed by atoms with E-state index < -0.39 is 0 Å². The van der Waals surface area contributed by atoms with Gasteiger partial charge >= 0.3 is 0 Å². The molecule has 20 heavy (non-hydrogen) atoms. The van der Waals surface area contributed by atoms with Crippen molar-refractivity contribution in [3.8, 4) is 0 Å². The van der Waals surface area contributed by atoms with Crippen molar-refractivity contribution in [2.24, 2.45) is 0 Å². The molecule has 1 amide bonds. The summed E-state index contributed by atoms with van der Waals surface area (Å²) in [5.41, 5.74) is 1.01. The maximum Gasteiger partial charge on any atom is 0.237 e. The van der Waals surface area contributed by atoms with E-state index in [1.165, 1.54) is 11.1 Å². The van der Waals surface area contributed by atoms with Gasteiger partial charge in [0.1, 0.15) is 5.01 Å². The van der Waals surface area contributed by atoms with Crippen LogP contribution < -0.4 is 10.6 Å². The summed E-state index contributed by atoms with van der Waals surface area (Å²) in [6.45, 7) is 1.47. The summed E-state index contributed by atoms with van der Waals surface area (Å²) >= 11 is 1.64. The van der Waals surface area contributed by atoms with Gasteiger partial charge in [0, 0.05) is 0 Å². The minimum atomic E-state index is -0.0249. The Kier molecular flexibility index (Phi) is 5.34. The molecule has 4 nitrogen and oxygen atoms in total. The third-order valence-electron chi connectivity index (χ3n) is 3.38. The number of hydrogen-bond donors (Lipinski definition) is 2. The van der Waals surface area contributed by atoms with Crippen LogP contribution in [0.2, 0.25) is 0 Å². The maximum absolute atomic E-state index is 12.0. The van der Waals surface area contributed by atoms with Crippen LogP contribution in [0.3, 0.4) is 0 Å². The van der Waals surface area contributed by atoms with Crippen molar-refractivity contribution in [3.05, 3.63) is 29.3 Å². The van der Waals surface area contributed by atoms with Crippen molar-refractivity contribution in [3.63, 3.8) is 0 Å². The highest BCUT2D eigenvalue weighted by Gasteiger charge is 2.20. The standard InChI is InChI=1S/C14H17N3OS.ClH/c18-14(11-6-3-4-8-15-11)16-9-13-17-10-5-1-2-7-12(10)19-13;/h1-2,5,7,11,15H,3-4,6,8-9H2,(H,16,18);1H. The molecule has 6 heteroatoms. The molecule has 1 aliphatic heterocycles. The molecule has 108 valence electrons. The Hall–Kier alpha value is -1.17. The zero-order valence-electron chi connectivity index (χ0n) is 11.1. The van der Waals surface area contributed by atoms with E-state index in [9.17, 15) is 4.79 Å². The number of hydrogen-bond acceptors (Lipinski definition) is 4. The van der Waals surface area contributed by atoms with Gasteiger partial charge in [0.15, 0.2) is 0 Å². The molecule has 1 saturated heterocycles. The number of para-hydroxylation sites is 1. The molecule has 1 aromatic carbocycles. The number of amides is 1. The fourth-order valence-corrected chi connectivity index (χ4v) is 3.26. The van der Waals surface area contributed by atoms with Gasteiger partial charge in [0.05, 0.1) is 22.8 Å². The number of piperidine rings is 1. The average molecular weight is 312 g/mol. The number of halogens is 1. The maximum atomic E-state index is 12.0. The second-order valence-electron chi connectivity index (χ2n) is 4.80. The fourth-order valence-electron chi connectivity index (χ4n) is 2.36. The average Bonchev–Trinajstić information content (AvgIpc) is 2.88. The Bertz CT molecular complexity index is 548. The van der Waals surface area contributed by atoms with Crippen LogP contribution in [-0.4, -0.2) is 23.5 Å². The fraction of sp³-hybridized carbons (Fsp3) is 0.429. The molecule has 1 unspecified atom stereocenters. The number of carbonyl (C=O) groups excluding carboxylic acids is 1. The van der Waals surface area contributed by atoms with Crippen molar-refractivity contribution in [1.29, 1.82) is 0 Å². The molecule has 1 atom stereocenters. The summed E-state index contributed by atoms with van der Waals surface area (Å²) in [5.74, 6) is 0.0963. The van der Waals surface area contributed by atoms with Crippen LogP contribution in [0.1, 0.15) is 24.3 Å². The van der Waals surface area contributed by atoms with Gasteiger partial charge in [-0.3, -0.25) is 4.79 Å². The SMILES string of the molecule is Cl.O=C(NCc1nc2ccccc2s1)C1CCCCN1. The first kappa shape index (κ1) is 15.2. The molecule has 1 aromatic heterocycles. The van der Waals surface area contributed by atoms with Crippen LogP contribution in [-0.2, 0) is 11.3 Å². The van der Waals surface area contributed by atoms with E-state index in [-0.39, 0.29) is 24.4 Å². The topological polar surface area (TPSA) is 54.0 Å². The monoisotopic (exact) mass is 311 g/mol. The summed E-state index contributed by atoms with van der Waals surface area (Å²) in [6, 6.07) is 8.02. The van der Waals surface area contributed by atoms with E-state index in [1.807, 2.05) is 18.2 Å². The van der Waals surface area contributed by atoms with Crippen molar-refractivity contribution in [2.45, 2.75) is 31.8 Å². The van der Waals surface area contributed by atoms with Gasteiger partial charge in [-0.25, -0.2) is 4.98 Å². The Morgan fingerprint density at radius 2 is 2.25 bits per heavy atom. The quantitative estimate of drug-likeness (QED) is 0.915. The second-order valence-corrected chi connectivity index (χ2v) is 5.91. The van der Waals surface area contributed by atoms with Gasteiger partial charge in [-0.1, -0.05) is 18.6 Å². The molecule has 2 aromatic rings. The smallest absolute Gasteiger partial charge is 0.237 e. The van der Waals surface area contributed by atoms with Crippen LogP contribution in [0, 0.1) is 0 Å². The first-order valence-corrected chi connectivity index (χ1v) is 7.50. The molecule has 0 radical (unpaired) electrons. The third-order valence-corrected chi connectivity index (χ3v) is 4.42. The normalized spacial score (nSPS) is 18.5. The molecule has 0 aliphatic carbocycles. The summed E-state index contributed by atoms with van der Waals surface area (Å²) in [7, 11) is 0. The lowest BCUT2D eigenvalue weighted by molar-refractivity contribution is -0.123. The number of benzene rings is 1. The molecule has 2 N–H and O–H groups in total. The minimum Gasteiger partial charge on any atom is -0.348 e. The summed E-state index contributed by atoms with van der Waals surface area (Å²) < 4.78 is 1.17. The highest BCUT2D eigenvalue weighted by molar-refractivity contribution is 7.18.